The molecule has 18 nitrogen and oxygen atoms in total. The lowest BCUT2D eigenvalue weighted by atomic mass is 9.93. The van der Waals surface area contributed by atoms with E-state index in [-0.39, 0.29) is 35.8 Å². The maximum absolute atomic E-state index is 14.2. The van der Waals surface area contributed by atoms with E-state index in [1.807, 2.05) is 32.0 Å². The molecule has 1 saturated heterocycles. The number of piperidine rings is 1. The third kappa shape index (κ3) is 36.4. The van der Waals surface area contributed by atoms with Gasteiger partial charge in [0.25, 0.3) is 6.47 Å². The molecule has 0 radical (unpaired) electrons. The third-order valence-corrected chi connectivity index (χ3v) is 9.82. The van der Waals surface area contributed by atoms with Crippen LogP contribution in [0.1, 0.15) is 64.0 Å². The van der Waals surface area contributed by atoms with Crippen molar-refractivity contribution in [3.05, 3.63) is 70.3 Å². The zero-order valence-corrected chi connectivity index (χ0v) is 41.5. The minimum atomic E-state index is -0.439. The first-order chi connectivity index (χ1) is 32.2. The summed E-state index contributed by atoms with van der Waals surface area (Å²) >= 11 is 5.92. The number of amides is 2. The number of rotatable bonds is 29. The van der Waals surface area contributed by atoms with Crippen molar-refractivity contribution in [2.75, 3.05) is 119 Å². The Labute approximate surface area is 403 Å². The Morgan fingerprint density at radius 1 is 0.851 bits per heavy atom. The average molecular weight is 974 g/mol. The van der Waals surface area contributed by atoms with E-state index in [2.05, 4.69) is 53.4 Å². The third-order valence-electron chi connectivity index (χ3n) is 9.52. The summed E-state index contributed by atoms with van der Waals surface area (Å²) in [5, 5.41) is 11.6. The first-order valence-corrected chi connectivity index (χ1v) is 22.8. The van der Waals surface area contributed by atoms with Crippen LogP contribution >= 0.6 is 11.6 Å². The van der Waals surface area contributed by atoms with E-state index in [1.54, 1.807) is 12.3 Å². The van der Waals surface area contributed by atoms with Gasteiger partial charge in [-0.2, -0.15) is 0 Å². The first-order valence-electron chi connectivity index (χ1n) is 22.4. The number of carbonyl (C=O) groups is 4. The number of primary amides is 1. The summed E-state index contributed by atoms with van der Waals surface area (Å²) in [6.45, 7) is 18.9. The smallest absolute Gasteiger partial charge is 0.290 e. The fraction of sp³-hybridized carbons (Fsp3) is 0.617. The van der Waals surface area contributed by atoms with Crippen LogP contribution in [0.3, 0.4) is 0 Å². The van der Waals surface area contributed by atoms with E-state index in [9.17, 15) is 9.18 Å². The normalized spacial score (nSPS) is 12.5. The van der Waals surface area contributed by atoms with E-state index in [4.69, 9.17) is 66.4 Å². The molecular weight excluding hydrogens is 891 g/mol. The van der Waals surface area contributed by atoms with E-state index >= 15 is 0 Å². The number of nitrogens with zero attached hydrogens (tertiary/aromatic N) is 3. The van der Waals surface area contributed by atoms with Crippen LogP contribution in [0.4, 0.5) is 4.39 Å². The molecule has 3 rings (SSSR count). The van der Waals surface area contributed by atoms with Crippen molar-refractivity contribution in [3.8, 4) is 11.1 Å². The first kappa shape index (κ1) is 64.8. The van der Waals surface area contributed by atoms with Crippen LogP contribution in [0.2, 0.25) is 5.02 Å². The number of nitrogens with one attached hydrogen (secondary N) is 1. The highest BCUT2D eigenvalue weighted by molar-refractivity contribution is 6.30. The lowest BCUT2D eigenvalue weighted by molar-refractivity contribution is -0.123. The molecule has 1 aliphatic heterocycles. The van der Waals surface area contributed by atoms with Crippen LogP contribution in [-0.2, 0) is 55.8 Å². The van der Waals surface area contributed by atoms with E-state index in [0.29, 0.717) is 78.1 Å². The summed E-state index contributed by atoms with van der Waals surface area (Å²) in [5.41, 5.74) is 19.3. The van der Waals surface area contributed by atoms with Gasteiger partial charge in [-0.1, -0.05) is 57.0 Å². The van der Waals surface area contributed by atoms with Gasteiger partial charge >= 0.3 is 0 Å². The Bertz CT molecular complexity index is 1580. The van der Waals surface area contributed by atoms with Crippen LogP contribution < -0.4 is 28.4 Å². The van der Waals surface area contributed by atoms with Crippen LogP contribution in [-0.4, -0.2) is 165 Å². The number of hydrogen-bond acceptors (Lipinski definition) is 15. The summed E-state index contributed by atoms with van der Waals surface area (Å²) in [7, 11) is 3.55. The number of benzene rings is 2. The number of ether oxygens (including phenoxy) is 5. The molecule has 0 saturated carbocycles. The van der Waals surface area contributed by atoms with Crippen molar-refractivity contribution >= 4 is 37.2 Å². The average Bonchev–Trinajstić information content (AvgIpc) is 3.30. The Morgan fingerprint density at radius 2 is 1.37 bits per heavy atom. The molecule has 2 aromatic rings. The highest BCUT2D eigenvalue weighted by atomic mass is 35.5. The topological polar surface area (TPSA) is 260 Å². The zero-order valence-electron chi connectivity index (χ0n) is 40.7. The van der Waals surface area contributed by atoms with Crippen LogP contribution in [0.5, 0.6) is 0 Å². The number of carbonyl (C=O) groups excluding carboxylic acids is 3. The predicted octanol–water partition coefficient (Wildman–Crippen LogP) is 3.80. The quantitative estimate of drug-likeness (QED) is 0.0293. The van der Waals surface area contributed by atoms with Gasteiger partial charge in [0.15, 0.2) is 0 Å². The van der Waals surface area contributed by atoms with Gasteiger partial charge in [-0.3, -0.25) is 19.3 Å². The molecule has 0 aromatic heterocycles. The summed E-state index contributed by atoms with van der Waals surface area (Å²) < 4.78 is 42.3. The van der Waals surface area contributed by atoms with Gasteiger partial charge in [0.05, 0.1) is 83.1 Å². The predicted molar refractivity (Wildman–Crippen MR) is 262 cm³/mol. The maximum atomic E-state index is 14.2. The lowest BCUT2D eigenvalue weighted by Gasteiger charge is -2.27. The van der Waals surface area contributed by atoms with Gasteiger partial charge in [0.1, 0.15) is 12.6 Å². The van der Waals surface area contributed by atoms with Crippen molar-refractivity contribution in [2.24, 2.45) is 28.5 Å². The molecule has 67 heavy (non-hydrogen) atoms. The SMILES string of the molecule is C=O.CN.CN(CCCNC(=O)Cc1ccc(-c2ccc(Cl)c(F)c2)cc1CN1CCCCC1)CCOCCOCCOC/C(N)=C/N(N)CCOCCOCCC(C)(C)C.NC=O.O=CO. The molecule has 20 heteroatoms. The summed E-state index contributed by atoms with van der Waals surface area (Å²) in [4.78, 5) is 42.6. The number of carboxylic acid groups (broad SMARTS) is 1. The van der Waals surface area contributed by atoms with E-state index in [0.717, 1.165) is 74.4 Å². The van der Waals surface area contributed by atoms with Crippen LogP contribution in [0, 0.1) is 11.2 Å². The number of hydrogen-bond donors (Lipinski definition) is 6. The minimum Gasteiger partial charge on any atom is -0.483 e. The van der Waals surface area contributed by atoms with Crippen LogP contribution in [0.25, 0.3) is 11.1 Å². The van der Waals surface area contributed by atoms with E-state index in [1.165, 1.54) is 37.4 Å². The Morgan fingerprint density at radius 3 is 1.96 bits per heavy atom. The summed E-state index contributed by atoms with van der Waals surface area (Å²) in [5.74, 6) is 5.53. The fourth-order valence-electron chi connectivity index (χ4n) is 6.12. The second-order valence-electron chi connectivity index (χ2n) is 16.1. The van der Waals surface area contributed by atoms with Crippen molar-refractivity contribution in [1.29, 1.82) is 0 Å². The van der Waals surface area contributed by atoms with Gasteiger partial charge < -0.3 is 66.0 Å². The second-order valence-corrected chi connectivity index (χ2v) is 16.5. The summed E-state index contributed by atoms with van der Waals surface area (Å²) in [6.07, 6.45) is 7.67. The molecule has 0 spiro atoms. The monoisotopic (exact) mass is 973 g/mol. The molecule has 1 heterocycles. The molecule has 0 aliphatic carbocycles. The van der Waals surface area contributed by atoms with Gasteiger partial charge in [0.2, 0.25) is 12.3 Å². The van der Waals surface area contributed by atoms with Gasteiger partial charge in [-0.25, -0.2) is 10.2 Å². The molecule has 2 aromatic carbocycles. The standard InChI is InChI=1S/C43H70ClFN6O6.CH3NO.CH5N.CH2O2.CH2O/c1-43(2,3)13-20-53-23-24-55-22-19-51(47)33-39(46)34-57-28-27-56-26-25-54-21-18-49(4)15-8-14-48-42(52)31-37-10-9-35(36-11-12-40(44)41(45)30-36)29-38(37)32-50-16-6-5-7-17-50;2-1-3;1-2;2-1-3;1-2/h9-12,29-30,33H,5-8,13-28,31-32,34,46-47H2,1-4H3,(H,48,52);1H,(H2,2,3);2H2,1H3;1H,(H,2,3);1H2/b39-33-;;;;. The molecule has 0 unspecified atom stereocenters. The fourth-order valence-corrected chi connectivity index (χ4v) is 6.24. The largest absolute Gasteiger partial charge is 0.483 e. The van der Waals surface area contributed by atoms with Crippen molar-refractivity contribution in [3.63, 3.8) is 0 Å². The zero-order chi connectivity index (χ0) is 50.7. The summed E-state index contributed by atoms with van der Waals surface area (Å²) in [6, 6.07) is 10.9. The Kier molecular flexibility index (Phi) is 41.6. The van der Waals surface area contributed by atoms with Gasteiger partial charge in [-0.15, -0.1) is 0 Å². The number of nitrogens with two attached hydrogens (primary N) is 4. The Balaban J connectivity index is 0. The number of likely N-dealkylation sites (N-methyl/N-ethyl adjacent to an activating group) is 1. The van der Waals surface area contributed by atoms with E-state index < -0.39 is 5.82 Å². The van der Waals surface area contributed by atoms with Crippen molar-refractivity contribution < 1.29 is 52.4 Å². The van der Waals surface area contributed by atoms with Crippen molar-refractivity contribution in [1.82, 2.24) is 20.1 Å². The second kappa shape index (κ2) is 43.0. The van der Waals surface area contributed by atoms with Crippen LogP contribution in [0.15, 0.2) is 48.3 Å². The number of likely N-dealkylation sites (tertiary alicyclic amines) is 1. The highest BCUT2D eigenvalue weighted by Gasteiger charge is 2.16. The Hall–Kier alpha value is -4.28. The van der Waals surface area contributed by atoms with Gasteiger partial charge in [0, 0.05) is 32.4 Å². The van der Waals surface area contributed by atoms with Gasteiger partial charge in [-0.05, 0) is 105 Å². The molecule has 1 fully saturated rings. The highest BCUT2D eigenvalue weighted by Crippen LogP contribution is 2.28. The minimum absolute atomic E-state index is 0.000353. The molecule has 10 N–H and O–H groups in total. The molecule has 1 aliphatic rings. The maximum Gasteiger partial charge on any atom is 0.290 e. The van der Waals surface area contributed by atoms with Crippen molar-refractivity contribution in [2.45, 2.75) is 65.8 Å². The molecule has 0 bridgehead atoms. The number of halogens is 2. The lowest BCUT2D eigenvalue weighted by Crippen LogP contribution is -2.31. The molecular formula is C47H82ClFN8O10. The molecule has 384 valence electrons. The molecule has 2 amide bonds. The number of hydrazine groups is 1. The molecule has 0 atom stereocenters.